The summed E-state index contributed by atoms with van der Waals surface area (Å²) >= 11 is 0. The molecule has 0 aliphatic heterocycles. The van der Waals surface area contributed by atoms with Gasteiger partial charge in [-0.2, -0.15) is 5.26 Å². The summed E-state index contributed by atoms with van der Waals surface area (Å²) in [6.45, 7) is 6.34. The first-order valence-electron chi connectivity index (χ1n) is 7.63. The van der Waals surface area contributed by atoms with Gasteiger partial charge in [0.25, 0.3) is 5.91 Å². The molecule has 0 unspecified atom stereocenters. The summed E-state index contributed by atoms with van der Waals surface area (Å²) in [6.07, 6.45) is 4.79. The van der Waals surface area contributed by atoms with Crippen molar-refractivity contribution in [1.82, 2.24) is 10.3 Å². The Balaban J connectivity index is 2.07. The van der Waals surface area contributed by atoms with Crippen molar-refractivity contribution in [2.75, 3.05) is 5.32 Å². The van der Waals surface area contributed by atoms with E-state index in [0.717, 1.165) is 22.4 Å². The van der Waals surface area contributed by atoms with Gasteiger partial charge in [-0.1, -0.05) is 23.8 Å². The van der Waals surface area contributed by atoms with Gasteiger partial charge in [-0.05, 0) is 43.5 Å². The summed E-state index contributed by atoms with van der Waals surface area (Å²) < 4.78 is 0. The molecule has 0 radical (unpaired) electrons. The monoisotopic (exact) mass is 320 g/mol. The van der Waals surface area contributed by atoms with E-state index in [1.807, 2.05) is 32.9 Å². The fourth-order valence-corrected chi connectivity index (χ4v) is 2.48. The first kappa shape index (κ1) is 17.2. The van der Waals surface area contributed by atoms with Crippen molar-refractivity contribution in [3.8, 4) is 6.07 Å². The minimum absolute atomic E-state index is 0.0262. The van der Waals surface area contributed by atoms with E-state index < -0.39 is 5.91 Å². The Bertz CT molecular complexity index is 781. The van der Waals surface area contributed by atoms with E-state index in [0.29, 0.717) is 6.54 Å². The van der Waals surface area contributed by atoms with Gasteiger partial charge >= 0.3 is 0 Å². The first-order chi connectivity index (χ1) is 11.5. The number of pyridine rings is 1. The number of aromatic nitrogens is 1. The number of rotatable bonds is 5. The number of aryl methyl sites for hydroxylation is 3. The molecule has 0 saturated carbocycles. The Morgan fingerprint density at radius 1 is 1.29 bits per heavy atom. The highest BCUT2D eigenvalue weighted by Crippen LogP contribution is 2.22. The zero-order valence-electron chi connectivity index (χ0n) is 14.1. The smallest absolute Gasteiger partial charge is 0.263 e. The Hall–Kier alpha value is -3.13. The second-order valence-corrected chi connectivity index (χ2v) is 5.63. The Morgan fingerprint density at radius 2 is 2.00 bits per heavy atom. The quantitative estimate of drug-likeness (QED) is 0.655. The van der Waals surface area contributed by atoms with Crippen LogP contribution in [0.4, 0.5) is 5.69 Å². The topological polar surface area (TPSA) is 77.8 Å². The lowest BCUT2D eigenvalue weighted by Gasteiger charge is -2.11. The Kier molecular flexibility index (Phi) is 5.69. The van der Waals surface area contributed by atoms with Gasteiger partial charge in [0.1, 0.15) is 11.6 Å². The van der Waals surface area contributed by atoms with E-state index in [9.17, 15) is 10.1 Å². The van der Waals surface area contributed by atoms with E-state index in [4.69, 9.17) is 0 Å². The number of nitriles is 1. The molecule has 1 amide bonds. The summed E-state index contributed by atoms with van der Waals surface area (Å²) in [5.74, 6) is -0.420. The van der Waals surface area contributed by atoms with Crippen LogP contribution in [0.1, 0.15) is 22.3 Å². The van der Waals surface area contributed by atoms with Crippen LogP contribution in [-0.2, 0) is 11.3 Å². The molecule has 2 aromatic rings. The van der Waals surface area contributed by atoms with Crippen LogP contribution in [0.2, 0.25) is 0 Å². The van der Waals surface area contributed by atoms with E-state index in [1.54, 1.807) is 18.5 Å². The van der Waals surface area contributed by atoms with Gasteiger partial charge < -0.3 is 10.6 Å². The predicted octanol–water partition coefficient (Wildman–Crippen LogP) is 3.14. The van der Waals surface area contributed by atoms with Crippen molar-refractivity contribution in [2.24, 2.45) is 0 Å². The van der Waals surface area contributed by atoms with Gasteiger partial charge in [-0.25, -0.2) is 0 Å². The highest BCUT2D eigenvalue weighted by Gasteiger charge is 2.09. The molecule has 0 spiro atoms. The molecule has 0 saturated heterocycles. The predicted molar refractivity (Wildman–Crippen MR) is 94.1 cm³/mol. The zero-order chi connectivity index (χ0) is 17.5. The Labute approximate surface area is 142 Å². The average Bonchev–Trinajstić information content (AvgIpc) is 2.56. The molecule has 24 heavy (non-hydrogen) atoms. The largest absolute Gasteiger partial charge is 0.360 e. The molecule has 0 aliphatic rings. The number of carbonyl (C=O) groups is 1. The van der Waals surface area contributed by atoms with Crippen LogP contribution in [0.3, 0.4) is 0 Å². The van der Waals surface area contributed by atoms with Crippen LogP contribution in [0, 0.1) is 32.1 Å². The van der Waals surface area contributed by atoms with Gasteiger partial charge in [-0.15, -0.1) is 0 Å². The number of anilines is 1. The fraction of sp³-hybridized carbons (Fsp3) is 0.211. The normalized spacial score (nSPS) is 10.8. The minimum Gasteiger partial charge on any atom is -0.360 e. The number of carbonyl (C=O) groups excluding carboxylic acids is 1. The molecule has 0 bridgehead atoms. The van der Waals surface area contributed by atoms with Crippen molar-refractivity contribution in [2.45, 2.75) is 27.3 Å². The highest BCUT2D eigenvalue weighted by molar-refractivity contribution is 5.97. The lowest BCUT2D eigenvalue weighted by Crippen LogP contribution is -2.24. The van der Waals surface area contributed by atoms with Gasteiger partial charge in [0.2, 0.25) is 0 Å². The lowest BCUT2D eigenvalue weighted by molar-refractivity contribution is -0.117. The number of nitrogens with one attached hydrogen (secondary N) is 2. The van der Waals surface area contributed by atoms with Gasteiger partial charge in [0.05, 0.1) is 0 Å². The highest BCUT2D eigenvalue weighted by atomic mass is 16.1. The standard InChI is InChI=1S/C19H20N4O/c1-13-7-14(2)18(15(3)8-13)22-12-17(9-20)19(24)23-11-16-5-4-6-21-10-16/h4-8,10,12,22H,11H2,1-3H3,(H,23,24)/b17-12-. The second kappa shape index (κ2) is 7.93. The molecule has 5 heteroatoms. The van der Waals surface area contributed by atoms with Crippen LogP contribution < -0.4 is 10.6 Å². The summed E-state index contributed by atoms with van der Waals surface area (Å²) in [5.41, 5.74) is 5.12. The van der Waals surface area contributed by atoms with E-state index >= 15 is 0 Å². The Morgan fingerprint density at radius 3 is 2.58 bits per heavy atom. The lowest BCUT2D eigenvalue weighted by atomic mass is 10.1. The van der Waals surface area contributed by atoms with Gasteiger partial charge in [-0.3, -0.25) is 9.78 Å². The maximum atomic E-state index is 12.1. The van der Waals surface area contributed by atoms with E-state index in [1.165, 1.54) is 11.8 Å². The number of benzene rings is 1. The molecule has 2 N–H and O–H groups in total. The van der Waals surface area contributed by atoms with Crippen LogP contribution in [0.15, 0.2) is 48.4 Å². The van der Waals surface area contributed by atoms with Gasteiger partial charge in [0, 0.05) is 30.8 Å². The van der Waals surface area contributed by atoms with Crippen molar-refractivity contribution < 1.29 is 4.79 Å². The third kappa shape index (κ3) is 4.43. The maximum Gasteiger partial charge on any atom is 0.263 e. The van der Waals surface area contributed by atoms with Crippen molar-refractivity contribution in [1.29, 1.82) is 5.26 Å². The van der Waals surface area contributed by atoms with Crippen LogP contribution in [0.25, 0.3) is 0 Å². The third-order valence-electron chi connectivity index (χ3n) is 3.58. The average molecular weight is 320 g/mol. The van der Waals surface area contributed by atoms with E-state index in [2.05, 4.69) is 27.8 Å². The molecule has 1 heterocycles. The molecular weight excluding hydrogens is 300 g/mol. The van der Waals surface area contributed by atoms with E-state index in [-0.39, 0.29) is 5.57 Å². The molecule has 0 atom stereocenters. The van der Waals surface area contributed by atoms with Gasteiger partial charge in [0.15, 0.2) is 0 Å². The third-order valence-corrected chi connectivity index (χ3v) is 3.58. The summed E-state index contributed by atoms with van der Waals surface area (Å²) in [4.78, 5) is 16.1. The fourth-order valence-electron chi connectivity index (χ4n) is 2.48. The molecule has 0 fully saturated rings. The first-order valence-corrected chi connectivity index (χ1v) is 7.63. The number of amides is 1. The molecule has 2 rings (SSSR count). The minimum atomic E-state index is -0.420. The van der Waals surface area contributed by atoms with Crippen molar-refractivity contribution in [3.63, 3.8) is 0 Å². The molecule has 1 aromatic carbocycles. The summed E-state index contributed by atoms with van der Waals surface area (Å²) in [6, 6.07) is 9.70. The summed E-state index contributed by atoms with van der Waals surface area (Å²) in [7, 11) is 0. The summed E-state index contributed by atoms with van der Waals surface area (Å²) in [5, 5.41) is 15.0. The number of hydrogen-bond acceptors (Lipinski definition) is 4. The van der Waals surface area contributed by atoms with Crippen molar-refractivity contribution in [3.05, 3.63) is 70.7 Å². The number of nitrogens with zero attached hydrogens (tertiary/aromatic N) is 2. The molecule has 5 nitrogen and oxygen atoms in total. The van der Waals surface area contributed by atoms with Crippen LogP contribution >= 0.6 is 0 Å². The molecule has 1 aromatic heterocycles. The molecule has 122 valence electrons. The van der Waals surface area contributed by atoms with Crippen LogP contribution in [0.5, 0.6) is 0 Å². The second-order valence-electron chi connectivity index (χ2n) is 5.63. The van der Waals surface area contributed by atoms with Crippen LogP contribution in [-0.4, -0.2) is 10.9 Å². The zero-order valence-corrected chi connectivity index (χ0v) is 14.1. The number of hydrogen-bond donors (Lipinski definition) is 2. The SMILES string of the molecule is Cc1cc(C)c(N/C=C(/C#N)C(=O)NCc2cccnc2)c(C)c1. The molecular formula is C19H20N4O. The molecule has 0 aliphatic carbocycles. The maximum absolute atomic E-state index is 12.1. The van der Waals surface area contributed by atoms with Crippen molar-refractivity contribution >= 4 is 11.6 Å².